The van der Waals surface area contributed by atoms with Crippen LogP contribution in [0.4, 0.5) is 0 Å². The summed E-state index contributed by atoms with van der Waals surface area (Å²) < 4.78 is 4.67. The van der Waals surface area contributed by atoms with Crippen molar-refractivity contribution in [2.45, 2.75) is 0 Å². The van der Waals surface area contributed by atoms with Gasteiger partial charge in [-0.25, -0.2) is 4.79 Å². The predicted molar refractivity (Wildman–Crippen MR) is 59.3 cm³/mol. The topological polar surface area (TPSA) is 46.5 Å². The third kappa shape index (κ3) is 2.88. The number of halogens is 2. The number of hydrogen-bond acceptors (Lipinski definition) is 2. The Morgan fingerprint density at radius 1 is 1.27 bits per heavy atom. The fourth-order valence-electron chi connectivity index (χ4n) is 1.07. The lowest BCUT2D eigenvalue weighted by Crippen LogP contribution is -2.00. The Morgan fingerprint density at radius 2 is 1.80 bits per heavy atom. The average molecular weight is 247 g/mol. The Balaban J connectivity index is 3.15. The lowest BCUT2D eigenvalue weighted by Gasteiger charge is -2.04. The summed E-state index contributed by atoms with van der Waals surface area (Å²) in [5.41, 5.74) is 0.310. The van der Waals surface area contributed by atoms with Crippen molar-refractivity contribution in [1.82, 2.24) is 0 Å². The maximum Gasteiger partial charge on any atom is 0.338 e. The first-order valence-corrected chi connectivity index (χ1v) is 4.75. The number of ether oxygens (including phenoxy) is 1. The summed E-state index contributed by atoms with van der Waals surface area (Å²) >= 11 is 11.0. The van der Waals surface area contributed by atoms with Crippen LogP contribution >= 0.6 is 23.2 Å². The predicted octanol–water partition coefficient (Wildman–Crippen LogP) is 2.93. The first-order chi connectivity index (χ1) is 7.06. The van der Waals surface area contributed by atoms with Gasteiger partial charge in [-0.3, -0.25) is 0 Å². The lowest BCUT2D eigenvalue weighted by molar-refractivity contribution is -0.130. The highest BCUT2D eigenvalue weighted by molar-refractivity contribution is 6.61. The zero-order valence-electron chi connectivity index (χ0n) is 7.83. The van der Waals surface area contributed by atoms with Gasteiger partial charge in [0.1, 0.15) is 10.2 Å². The molecule has 1 rings (SSSR count). The molecule has 0 atom stereocenters. The lowest BCUT2D eigenvalue weighted by atomic mass is 10.1. The van der Waals surface area contributed by atoms with Gasteiger partial charge >= 0.3 is 5.97 Å². The second kappa shape index (κ2) is 5.05. The van der Waals surface area contributed by atoms with Gasteiger partial charge in [-0.2, -0.15) is 0 Å². The van der Waals surface area contributed by atoms with Crippen LogP contribution in [0, 0.1) is 0 Å². The molecule has 0 aliphatic carbocycles. The minimum atomic E-state index is -1.17. The van der Waals surface area contributed by atoms with Crippen molar-refractivity contribution < 1.29 is 14.6 Å². The van der Waals surface area contributed by atoms with E-state index in [0.717, 1.165) is 0 Å². The first kappa shape index (κ1) is 11.9. The largest absolute Gasteiger partial charge is 0.497 e. The molecule has 0 unspecified atom stereocenters. The van der Waals surface area contributed by atoms with Gasteiger partial charge in [0.05, 0.1) is 12.7 Å². The van der Waals surface area contributed by atoms with Crippen molar-refractivity contribution in [2.24, 2.45) is 0 Å². The molecule has 15 heavy (non-hydrogen) atoms. The van der Waals surface area contributed by atoms with Gasteiger partial charge in [-0.1, -0.05) is 35.3 Å². The molecule has 0 saturated carbocycles. The number of carbonyl (C=O) groups is 1. The van der Waals surface area contributed by atoms with Crippen LogP contribution in [0.2, 0.25) is 0 Å². The molecule has 0 bridgehead atoms. The standard InChI is InChI=1S/C10H8Cl2O3/c1-15-7-4-2-6(3-5-7)8(9(11)12)10(13)14/h2-5H,1H3,(H,13,14). The highest BCUT2D eigenvalue weighted by Crippen LogP contribution is 2.26. The van der Waals surface area contributed by atoms with Crippen LogP contribution in [-0.4, -0.2) is 18.2 Å². The average Bonchev–Trinajstić information content (AvgIpc) is 2.18. The summed E-state index contributed by atoms with van der Waals surface area (Å²) in [6, 6.07) is 6.42. The van der Waals surface area contributed by atoms with Crippen molar-refractivity contribution in [2.75, 3.05) is 7.11 Å². The number of rotatable bonds is 3. The molecule has 0 radical (unpaired) electrons. The summed E-state index contributed by atoms with van der Waals surface area (Å²) in [6.45, 7) is 0. The highest BCUT2D eigenvalue weighted by Gasteiger charge is 2.14. The number of carboxylic acid groups (broad SMARTS) is 1. The number of carboxylic acids is 1. The smallest absolute Gasteiger partial charge is 0.338 e. The van der Waals surface area contributed by atoms with Crippen molar-refractivity contribution in [3.63, 3.8) is 0 Å². The number of benzene rings is 1. The zero-order valence-corrected chi connectivity index (χ0v) is 9.34. The number of aliphatic carboxylic acids is 1. The fraction of sp³-hybridized carbons (Fsp3) is 0.100. The van der Waals surface area contributed by atoms with E-state index >= 15 is 0 Å². The molecule has 5 heteroatoms. The van der Waals surface area contributed by atoms with E-state index in [-0.39, 0.29) is 10.1 Å². The van der Waals surface area contributed by atoms with Crippen molar-refractivity contribution in [3.05, 3.63) is 34.3 Å². The van der Waals surface area contributed by atoms with Crippen LogP contribution in [0.3, 0.4) is 0 Å². The van der Waals surface area contributed by atoms with Crippen LogP contribution in [0.1, 0.15) is 5.56 Å². The van der Waals surface area contributed by atoms with E-state index < -0.39 is 5.97 Å². The van der Waals surface area contributed by atoms with Crippen LogP contribution in [0.25, 0.3) is 5.57 Å². The summed E-state index contributed by atoms with van der Waals surface area (Å²) in [7, 11) is 1.53. The molecule has 0 aromatic heterocycles. The minimum Gasteiger partial charge on any atom is -0.497 e. The SMILES string of the molecule is COc1ccc(C(C(=O)O)=C(Cl)Cl)cc1. The molecule has 1 aromatic carbocycles. The van der Waals surface area contributed by atoms with Crippen LogP contribution < -0.4 is 4.74 Å². The van der Waals surface area contributed by atoms with Gasteiger partial charge in [0, 0.05) is 0 Å². The molecule has 0 fully saturated rings. The van der Waals surface area contributed by atoms with E-state index in [2.05, 4.69) is 0 Å². The summed E-state index contributed by atoms with van der Waals surface area (Å²) in [5, 5.41) is 8.87. The van der Waals surface area contributed by atoms with E-state index in [1.807, 2.05) is 0 Å². The maximum atomic E-state index is 10.8. The third-order valence-corrected chi connectivity index (χ3v) is 2.16. The number of methoxy groups -OCH3 is 1. The minimum absolute atomic E-state index is 0.124. The van der Waals surface area contributed by atoms with Crippen molar-refractivity contribution >= 4 is 34.7 Å². The van der Waals surface area contributed by atoms with Crippen LogP contribution in [-0.2, 0) is 4.79 Å². The second-order valence-corrected chi connectivity index (χ2v) is 3.62. The monoisotopic (exact) mass is 246 g/mol. The molecule has 3 nitrogen and oxygen atoms in total. The molecule has 80 valence electrons. The van der Waals surface area contributed by atoms with Gasteiger partial charge in [-0.15, -0.1) is 0 Å². The van der Waals surface area contributed by atoms with Crippen LogP contribution in [0.5, 0.6) is 5.75 Å². The molecule has 1 N–H and O–H groups in total. The highest BCUT2D eigenvalue weighted by atomic mass is 35.5. The van der Waals surface area contributed by atoms with E-state index in [0.29, 0.717) is 11.3 Å². The molecular weight excluding hydrogens is 239 g/mol. The van der Waals surface area contributed by atoms with E-state index in [9.17, 15) is 4.79 Å². The summed E-state index contributed by atoms with van der Waals surface area (Å²) in [6.07, 6.45) is 0. The molecule has 0 aliphatic rings. The molecule has 1 aromatic rings. The van der Waals surface area contributed by atoms with E-state index in [4.69, 9.17) is 33.0 Å². The molecular formula is C10H8Cl2O3. The second-order valence-electron chi connectivity index (χ2n) is 2.67. The van der Waals surface area contributed by atoms with Crippen molar-refractivity contribution in [1.29, 1.82) is 0 Å². The van der Waals surface area contributed by atoms with Crippen molar-refractivity contribution in [3.8, 4) is 5.75 Å². The Morgan fingerprint density at radius 3 is 2.13 bits per heavy atom. The Hall–Kier alpha value is -1.19. The molecule has 0 spiro atoms. The quantitative estimate of drug-likeness (QED) is 0.835. The zero-order chi connectivity index (χ0) is 11.4. The summed E-state index contributed by atoms with van der Waals surface area (Å²) in [4.78, 5) is 10.8. The molecule has 0 heterocycles. The van der Waals surface area contributed by atoms with Gasteiger partial charge in [0.15, 0.2) is 0 Å². The Kier molecular flexibility index (Phi) is 4.00. The van der Waals surface area contributed by atoms with E-state index in [1.165, 1.54) is 7.11 Å². The summed E-state index contributed by atoms with van der Waals surface area (Å²) in [5.74, 6) is -0.533. The van der Waals surface area contributed by atoms with Gasteiger partial charge < -0.3 is 9.84 Å². The molecule has 0 saturated heterocycles. The fourth-order valence-corrected chi connectivity index (χ4v) is 1.45. The van der Waals surface area contributed by atoms with Gasteiger partial charge in [-0.05, 0) is 17.7 Å². The molecule has 0 amide bonds. The van der Waals surface area contributed by atoms with E-state index in [1.54, 1.807) is 24.3 Å². The number of hydrogen-bond donors (Lipinski definition) is 1. The van der Waals surface area contributed by atoms with Gasteiger partial charge in [0.2, 0.25) is 0 Å². The Bertz CT molecular complexity index is 392. The Labute approximate surface area is 96.9 Å². The maximum absolute atomic E-state index is 10.8. The first-order valence-electron chi connectivity index (χ1n) is 3.99. The van der Waals surface area contributed by atoms with Crippen LogP contribution in [0.15, 0.2) is 28.8 Å². The van der Waals surface area contributed by atoms with Gasteiger partial charge in [0.25, 0.3) is 0 Å². The molecule has 0 aliphatic heterocycles. The third-order valence-electron chi connectivity index (χ3n) is 1.78. The normalized spacial score (nSPS) is 9.53.